The Bertz CT molecular complexity index is 583. The molecule has 1 unspecified atom stereocenters. The van der Waals surface area contributed by atoms with Gasteiger partial charge in [0.25, 0.3) is 0 Å². The van der Waals surface area contributed by atoms with E-state index < -0.39 is 5.97 Å². The molecule has 0 aliphatic heterocycles. The van der Waals surface area contributed by atoms with Gasteiger partial charge in [0.05, 0.1) is 11.4 Å². The standard InChI is InChI=1S/C15H18N2O2/c1-11(15(18)19)9-17(2)10-12-5-6-14-13(8-12)4-3-7-16-14/h3-8,11H,9-10H2,1-2H3,(H,18,19). The molecule has 4 nitrogen and oxygen atoms in total. The van der Waals surface area contributed by atoms with Crippen LogP contribution in [0.2, 0.25) is 0 Å². The summed E-state index contributed by atoms with van der Waals surface area (Å²) in [6.07, 6.45) is 1.78. The van der Waals surface area contributed by atoms with Gasteiger partial charge in [-0.2, -0.15) is 0 Å². The number of aromatic nitrogens is 1. The summed E-state index contributed by atoms with van der Waals surface area (Å²) in [5.74, 6) is -1.11. The van der Waals surface area contributed by atoms with Crippen LogP contribution in [0.5, 0.6) is 0 Å². The Kier molecular flexibility index (Phi) is 4.12. The number of hydrogen-bond donors (Lipinski definition) is 1. The van der Waals surface area contributed by atoms with E-state index in [1.807, 2.05) is 36.2 Å². The molecule has 0 radical (unpaired) electrons. The first kappa shape index (κ1) is 13.5. The second kappa shape index (κ2) is 5.80. The number of nitrogens with zero attached hydrogens (tertiary/aromatic N) is 2. The van der Waals surface area contributed by atoms with E-state index in [2.05, 4.69) is 11.1 Å². The Morgan fingerprint density at radius 1 is 1.42 bits per heavy atom. The van der Waals surface area contributed by atoms with Crippen LogP contribution in [-0.2, 0) is 11.3 Å². The zero-order chi connectivity index (χ0) is 13.8. The van der Waals surface area contributed by atoms with Gasteiger partial charge in [0.15, 0.2) is 0 Å². The molecule has 1 heterocycles. The lowest BCUT2D eigenvalue weighted by Gasteiger charge is -2.19. The zero-order valence-corrected chi connectivity index (χ0v) is 11.2. The third kappa shape index (κ3) is 3.51. The summed E-state index contributed by atoms with van der Waals surface area (Å²) in [4.78, 5) is 17.1. The smallest absolute Gasteiger partial charge is 0.307 e. The van der Waals surface area contributed by atoms with Gasteiger partial charge in [0.1, 0.15) is 0 Å². The Labute approximate surface area is 112 Å². The van der Waals surface area contributed by atoms with Gasteiger partial charge >= 0.3 is 5.97 Å². The van der Waals surface area contributed by atoms with Crippen LogP contribution in [0.4, 0.5) is 0 Å². The number of carbonyl (C=O) groups is 1. The lowest BCUT2D eigenvalue weighted by molar-refractivity contribution is -0.141. The minimum absolute atomic E-state index is 0.355. The molecule has 100 valence electrons. The summed E-state index contributed by atoms with van der Waals surface area (Å²) >= 11 is 0. The highest BCUT2D eigenvalue weighted by molar-refractivity contribution is 5.78. The van der Waals surface area contributed by atoms with E-state index in [1.54, 1.807) is 13.1 Å². The molecule has 19 heavy (non-hydrogen) atoms. The van der Waals surface area contributed by atoms with Crippen molar-refractivity contribution in [2.24, 2.45) is 5.92 Å². The molecule has 0 fully saturated rings. The van der Waals surface area contributed by atoms with Crippen LogP contribution in [0.15, 0.2) is 36.5 Å². The predicted molar refractivity (Wildman–Crippen MR) is 74.9 cm³/mol. The Balaban J connectivity index is 2.06. The summed E-state index contributed by atoms with van der Waals surface area (Å²) in [6, 6.07) is 10.1. The van der Waals surface area contributed by atoms with Crippen molar-refractivity contribution in [2.75, 3.05) is 13.6 Å². The molecule has 0 aliphatic carbocycles. The fourth-order valence-corrected chi connectivity index (χ4v) is 2.15. The first-order chi connectivity index (χ1) is 9.06. The summed E-state index contributed by atoms with van der Waals surface area (Å²) in [5, 5.41) is 10.0. The number of carboxylic acid groups (broad SMARTS) is 1. The van der Waals surface area contributed by atoms with Crippen molar-refractivity contribution in [1.82, 2.24) is 9.88 Å². The van der Waals surface area contributed by atoms with E-state index in [0.29, 0.717) is 6.54 Å². The fourth-order valence-electron chi connectivity index (χ4n) is 2.15. The van der Waals surface area contributed by atoms with E-state index in [9.17, 15) is 4.79 Å². The van der Waals surface area contributed by atoms with Crippen LogP contribution in [0.3, 0.4) is 0 Å². The van der Waals surface area contributed by atoms with Gasteiger partial charge in [-0.3, -0.25) is 9.78 Å². The maximum Gasteiger partial charge on any atom is 0.307 e. The topological polar surface area (TPSA) is 53.4 Å². The van der Waals surface area contributed by atoms with Crippen LogP contribution >= 0.6 is 0 Å². The molecule has 0 spiro atoms. The van der Waals surface area contributed by atoms with E-state index in [1.165, 1.54) is 5.56 Å². The van der Waals surface area contributed by atoms with Crippen molar-refractivity contribution < 1.29 is 9.90 Å². The summed E-state index contributed by atoms with van der Waals surface area (Å²) in [5.41, 5.74) is 2.15. The van der Waals surface area contributed by atoms with Crippen molar-refractivity contribution in [3.8, 4) is 0 Å². The van der Waals surface area contributed by atoms with Crippen molar-refractivity contribution in [1.29, 1.82) is 0 Å². The molecule has 1 aromatic carbocycles. The quantitative estimate of drug-likeness (QED) is 0.894. The van der Waals surface area contributed by atoms with Crippen LogP contribution in [0, 0.1) is 5.92 Å². The number of benzene rings is 1. The highest BCUT2D eigenvalue weighted by Gasteiger charge is 2.13. The molecule has 2 aromatic rings. The molecule has 1 atom stereocenters. The largest absolute Gasteiger partial charge is 0.481 e. The summed E-state index contributed by atoms with van der Waals surface area (Å²) in [6.45, 7) is 3.01. The van der Waals surface area contributed by atoms with Gasteiger partial charge < -0.3 is 10.0 Å². The average molecular weight is 258 g/mol. The van der Waals surface area contributed by atoms with Crippen LogP contribution < -0.4 is 0 Å². The summed E-state index contributed by atoms with van der Waals surface area (Å²) < 4.78 is 0. The van der Waals surface area contributed by atoms with Gasteiger partial charge in [0.2, 0.25) is 0 Å². The molecular formula is C15H18N2O2. The number of carboxylic acids is 1. The molecule has 0 aliphatic rings. The predicted octanol–water partition coefficient (Wildman–Crippen LogP) is 2.39. The average Bonchev–Trinajstić information content (AvgIpc) is 2.38. The molecule has 0 bridgehead atoms. The maximum absolute atomic E-state index is 10.8. The van der Waals surface area contributed by atoms with Crippen molar-refractivity contribution >= 4 is 16.9 Å². The van der Waals surface area contributed by atoms with E-state index >= 15 is 0 Å². The van der Waals surface area contributed by atoms with Crippen LogP contribution in [-0.4, -0.2) is 34.6 Å². The van der Waals surface area contributed by atoms with Gasteiger partial charge in [-0.1, -0.05) is 19.1 Å². The minimum atomic E-state index is -0.755. The molecule has 1 aromatic heterocycles. The second-order valence-electron chi connectivity index (χ2n) is 4.97. The van der Waals surface area contributed by atoms with Gasteiger partial charge in [-0.25, -0.2) is 0 Å². The molecule has 0 saturated heterocycles. The molecule has 1 N–H and O–H groups in total. The fraction of sp³-hybridized carbons (Fsp3) is 0.333. The second-order valence-corrected chi connectivity index (χ2v) is 4.97. The number of aliphatic carboxylic acids is 1. The third-order valence-corrected chi connectivity index (χ3v) is 3.13. The number of rotatable bonds is 5. The Morgan fingerprint density at radius 3 is 2.95 bits per heavy atom. The van der Waals surface area contributed by atoms with Gasteiger partial charge in [-0.05, 0) is 30.8 Å². The van der Waals surface area contributed by atoms with E-state index in [4.69, 9.17) is 5.11 Å². The molecule has 0 saturated carbocycles. The minimum Gasteiger partial charge on any atom is -0.481 e. The maximum atomic E-state index is 10.8. The Morgan fingerprint density at radius 2 is 2.21 bits per heavy atom. The van der Waals surface area contributed by atoms with Crippen LogP contribution in [0.1, 0.15) is 12.5 Å². The SMILES string of the molecule is CC(CN(C)Cc1ccc2ncccc2c1)C(=O)O. The van der Waals surface area contributed by atoms with Crippen LogP contribution in [0.25, 0.3) is 10.9 Å². The molecule has 0 amide bonds. The Hall–Kier alpha value is -1.94. The van der Waals surface area contributed by atoms with Crippen molar-refractivity contribution in [3.05, 3.63) is 42.1 Å². The third-order valence-electron chi connectivity index (χ3n) is 3.13. The van der Waals surface area contributed by atoms with Crippen molar-refractivity contribution in [3.63, 3.8) is 0 Å². The number of hydrogen-bond acceptors (Lipinski definition) is 3. The molecule has 4 heteroatoms. The van der Waals surface area contributed by atoms with Gasteiger partial charge in [-0.15, -0.1) is 0 Å². The summed E-state index contributed by atoms with van der Waals surface area (Å²) in [7, 11) is 1.94. The lowest BCUT2D eigenvalue weighted by atomic mass is 10.1. The number of fused-ring (bicyclic) bond motifs is 1. The molecular weight excluding hydrogens is 240 g/mol. The van der Waals surface area contributed by atoms with Crippen molar-refractivity contribution in [2.45, 2.75) is 13.5 Å². The normalized spacial score (nSPS) is 12.8. The first-order valence-electron chi connectivity index (χ1n) is 6.31. The van der Waals surface area contributed by atoms with E-state index in [-0.39, 0.29) is 5.92 Å². The van der Waals surface area contributed by atoms with Gasteiger partial charge in [0, 0.05) is 24.7 Å². The highest BCUT2D eigenvalue weighted by atomic mass is 16.4. The number of pyridine rings is 1. The monoisotopic (exact) mass is 258 g/mol. The zero-order valence-electron chi connectivity index (χ0n) is 11.2. The molecule has 2 rings (SSSR count). The lowest BCUT2D eigenvalue weighted by Crippen LogP contribution is -2.28. The first-order valence-corrected chi connectivity index (χ1v) is 6.31. The van der Waals surface area contributed by atoms with E-state index in [0.717, 1.165) is 17.4 Å². The highest BCUT2D eigenvalue weighted by Crippen LogP contribution is 2.14.